The fraction of sp³-hybridized carbons (Fsp3) is 0.957. The highest BCUT2D eigenvalue weighted by Crippen LogP contribution is 2.64. The van der Waals surface area contributed by atoms with Gasteiger partial charge in [0.05, 0.1) is 17.5 Å². The van der Waals surface area contributed by atoms with Crippen molar-refractivity contribution in [3.63, 3.8) is 0 Å². The Morgan fingerprint density at radius 1 is 1.00 bits per heavy atom. The predicted octanol–water partition coefficient (Wildman–Crippen LogP) is 4.99. The summed E-state index contributed by atoms with van der Waals surface area (Å²) in [6.07, 6.45) is 11.7. The summed E-state index contributed by atoms with van der Waals surface area (Å²) in [5.41, 5.74) is -0.369. The number of ketones is 1. The number of hydrogen-bond donors (Lipinski definition) is 1. The van der Waals surface area contributed by atoms with Crippen LogP contribution >= 0.6 is 15.9 Å². The van der Waals surface area contributed by atoms with Crippen molar-refractivity contribution in [1.29, 1.82) is 0 Å². The maximum Gasteiger partial charge on any atom is 0.147 e. The highest BCUT2D eigenvalue weighted by atomic mass is 79.9. The summed E-state index contributed by atoms with van der Waals surface area (Å²) >= 11 is 3.43. The van der Waals surface area contributed by atoms with E-state index in [1.165, 1.54) is 44.9 Å². The molecule has 3 nitrogen and oxygen atoms in total. The van der Waals surface area contributed by atoms with Crippen molar-refractivity contribution in [3.8, 4) is 0 Å². The van der Waals surface area contributed by atoms with Gasteiger partial charge in [0.2, 0.25) is 0 Å². The fourth-order valence-corrected chi connectivity index (χ4v) is 8.48. The Labute approximate surface area is 173 Å². The zero-order chi connectivity index (χ0) is 19.2. The number of carbonyl (C=O) groups excluding carboxylic acids is 1. The standard InChI is InChI=1S/C23H37BrO3/c1-22-10-8-17-16-9-12-23(26,14-27-2)11-7-15(16)3-4-18(17)19(22)5-6-20(22)21(25)13-24/h15-20,26H,3-14H2,1-2H3/t15-,16+,17-,18-,19+,20-,22+,23+/m1/s1. The van der Waals surface area contributed by atoms with E-state index in [1.54, 1.807) is 7.11 Å². The maximum absolute atomic E-state index is 12.6. The minimum absolute atomic E-state index is 0.236. The minimum atomic E-state index is -0.606. The number of hydrogen-bond acceptors (Lipinski definition) is 3. The molecule has 4 heteroatoms. The Hall–Kier alpha value is 0.0700. The van der Waals surface area contributed by atoms with Gasteiger partial charge in [-0.15, -0.1) is 0 Å². The third-order valence-electron chi connectivity index (χ3n) is 9.38. The van der Waals surface area contributed by atoms with Crippen LogP contribution in [-0.2, 0) is 9.53 Å². The number of alkyl halides is 1. The maximum atomic E-state index is 12.6. The summed E-state index contributed by atoms with van der Waals surface area (Å²) in [5, 5.41) is 11.5. The van der Waals surface area contributed by atoms with Gasteiger partial charge in [0.25, 0.3) is 0 Å². The van der Waals surface area contributed by atoms with Crippen LogP contribution in [0.4, 0.5) is 0 Å². The fourth-order valence-electron chi connectivity index (χ4n) is 8.09. The smallest absolute Gasteiger partial charge is 0.147 e. The molecule has 8 atom stereocenters. The highest BCUT2D eigenvalue weighted by Gasteiger charge is 2.58. The van der Waals surface area contributed by atoms with Crippen molar-refractivity contribution in [1.82, 2.24) is 0 Å². The zero-order valence-electron chi connectivity index (χ0n) is 17.1. The monoisotopic (exact) mass is 440 g/mol. The normalized spacial score (nSPS) is 49.6. The summed E-state index contributed by atoms with van der Waals surface area (Å²) in [6, 6.07) is 0. The Morgan fingerprint density at radius 3 is 2.48 bits per heavy atom. The Morgan fingerprint density at radius 2 is 1.74 bits per heavy atom. The summed E-state index contributed by atoms with van der Waals surface area (Å²) in [4.78, 5) is 12.6. The van der Waals surface area contributed by atoms with Gasteiger partial charge in [0, 0.05) is 13.0 Å². The summed E-state index contributed by atoms with van der Waals surface area (Å²) in [7, 11) is 1.71. The highest BCUT2D eigenvalue weighted by molar-refractivity contribution is 9.09. The van der Waals surface area contributed by atoms with E-state index in [0.717, 1.165) is 48.9 Å². The molecule has 0 aromatic carbocycles. The van der Waals surface area contributed by atoms with Gasteiger partial charge in [0.15, 0.2) is 0 Å². The average Bonchev–Trinajstić information content (AvgIpc) is 2.92. The molecule has 0 heterocycles. The van der Waals surface area contributed by atoms with Gasteiger partial charge in [-0.2, -0.15) is 0 Å². The van der Waals surface area contributed by atoms with Crippen LogP contribution in [0.2, 0.25) is 0 Å². The molecule has 4 fully saturated rings. The van der Waals surface area contributed by atoms with Crippen LogP contribution < -0.4 is 0 Å². The van der Waals surface area contributed by atoms with E-state index in [4.69, 9.17) is 4.74 Å². The Bertz CT molecular complexity index is 566. The second-order valence-electron chi connectivity index (χ2n) is 10.4. The van der Waals surface area contributed by atoms with Crippen molar-refractivity contribution in [2.24, 2.45) is 40.9 Å². The number of carbonyl (C=O) groups is 1. The number of ether oxygens (including phenoxy) is 1. The molecule has 4 saturated carbocycles. The Balaban J connectivity index is 1.51. The van der Waals surface area contributed by atoms with Crippen LogP contribution in [0.25, 0.3) is 0 Å². The molecule has 4 aliphatic carbocycles. The molecule has 0 saturated heterocycles. The summed E-state index contributed by atoms with van der Waals surface area (Å²) < 4.78 is 5.33. The third kappa shape index (κ3) is 3.46. The van der Waals surface area contributed by atoms with Crippen LogP contribution in [0.1, 0.15) is 71.1 Å². The first-order chi connectivity index (χ1) is 12.9. The molecule has 0 aromatic rings. The lowest BCUT2D eigenvalue weighted by molar-refractivity contribution is -0.127. The molecular weight excluding hydrogens is 404 g/mol. The molecule has 4 rings (SSSR count). The van der Waals surface area contributed by atoms with E-state index in [2.05, 4.69) is 22.9 Å². The van der Waals surface area contributed by atoms with Gasteiger partial charge in [-0.3, -0.25) is 4.79 Å². The van der Waals surface area contributed by atoms with Crippen molar-refractivity contribution < 1.29 is 14.6 Å². The number of rotatable bonds is 4. The second kappa shape index (κ2) is 7.72. The summed E-state index contributed by atoms with van der Waals surface area (Å²) in [5.74, 6) is 4.67. The van der Waals surface area contributed by atoms with Gasteiger partial charge in [-0.25, -0.2) is 0 Å². The second-order valence-corrected chi connectivity index (χ2v) is 11.0. The van der Waals surface area contributed by atoms with Gasteiger partial charge < -0.3 is 9.84 Å². The van der Waals surface area contributed by atoms with Gasteiger partial charge in [-0.05, 0) is 99.2 Å². The van der Waals surface area contributed by atoms with E-state index < -0.39 is 5.60 Å². The molecule has 0 spiro atoms. The van der Waals surface area contributed by atoms with Crippen molar-refractivity contribution >= 4 is 21.7 Å². The van der Waals surface area contributed by atoms with Crippen LogP contribution in [0.5, 0.6) is 0 Å². The molecule has 154 valence electrons. The SMILES string of the molecule is COC[C@]1(O)CC[C@H]2CC[C@@H]3[C@H](CC[C@]4(C)[C@@H](C(=O)CBr)CC[C@@H]34)[C@H]2CC1. The van der Waals surface area contributed by atoms with E-state index in [-0.39, 0.29) is 11.3 Å². The van der Waals surface area contributed by atoms with Crippen LogP contribution in [-0.4, -0.2) is 35.5 Å². The topological polar surface area (TPSA) is 46.5 Å². The molecular formula is C23H37BrO3. The number of methoxy groups -OCH3 is 1. The third-order valence-corrected chi connectivity index (χ3v) is 9.93. The quantitative estimate of drug-likeness (QED) is 0.626. The molecule has 27 heavy (non-hydrogen) atoms. The lowest BCUT2D eigenvalue weighted by Crippen LogP contribution is -2.48. The number of aliphatic hydroxyl groups is 1. The molecule has 1 N–H and O–H groups in total. The first-order valence-corrected chi connectivity index (χ1v) is 12.3. The zero-order valence-corrected chi connectivity index (χ0v) is 18.7. The average molecular weight is 441 g/mol. The molecule has 0 aliphatic heterocycles. The largest absolute Gasteiger partial charge is 0.387 e. The van der Waals surface area contributed by atoms with Crippen LogP contribution in [0, 0.1) is 40.9 Å². The lowest BCUT2D eigenvalue weighted by atomic mass is 9.50. The molecule has 0 radical (unpaired) electrons. The number of halogens is 1. The van der Waals surface area contributed by atoms with Crippen molar-refractivity contribution in [2.75, 3.05) is 19.0 Å². The van der Waals surface area contributed by atoms with Crippen LogP contribution in [0.15, 0.2) is 0 Å². The molecule has 0 amide bonds. The first kappa shape index (κ1) is 20.3. The number of Topliss-reactive ketones (excluding diaryl/α,β-unsaturated/α-hetero) is 1. The van der Waals surface area contributed by atoms with Crippen molar-refractivity contribution in [2.45, 2.75) is 76.7 Å². The van der Waals surface area contributed by atoms with Crippen molar-refractivity contribution in [3.05, 3.63) is 0 Å². The summed E-state index contributed by atoms with van der Waals surface area (Å²) in [6.45, 7) is 2.92. The minimum Gasteiger partial charge on any atom is -0.387 e. The van der Waals surface area contributed by atoms with Gasteiger partial charge in [0.1, 0.15) is 5.78 Å². The van der Waals surface area contributed by atoms with E-state index in [0.29, 0.717) is 17.7 Å². The van der Waals surface area contributed by atoms with Crippen LogP contribution in [0.3, 0.4) is 0 Å². The molecule has 4 aliphatic rings. The lowest BCUT2D eigenvalue weighted by Gasteiger charge is -2.54. The molecule has 0 aromatic heterocycles. The molecule has 0 unspecified atom stereocenters. The predicted molar refractivity (Wildman–Crippen MR) is 111 cm³/mol. The Kier molecular flexibility index (Phi) is 5.82. The van der Waals surface area contributed by atoms with Gasteiger partial charge >= 0.3 is 0 Å². The van der Waals surface area contributed by atoms with E-state index in [1.807, 2.05) is 0 Å². The van der Waals surface area contributed by atoms with E-state index >= 15 is 0 Å². The number of fused-ring (bicyclic) bond motifs is 5. The molecule has 0 bridgehead atoms. The van der Waals surface area contributed by atoms with E-state index in [9.17, 15) is 9.90 Å². The van der Waals surface area contributed by atoms with Gasteiger partial charge in [-0.1, -0.05) is 22.9 Å². The first-order valence-electron chi connectivity index (χ1n) is 11.2.